The van der Waals surface area contributed by atoms with Gasteiger partial charge in [-0.25, -0.2) is 4.39 Å². The molecule has 25 heavy (non-hydrogen) atoms. The molecule has 1 aromatic carbocycles. The number of ether oxygens (including phenoxy) is 1. The summed E-state index contributed by atoms with van der Waals surface area (Å²) in [4.78, 5) is 4.54. The highest BCUT2D eigenvalue weighted by Gasteiger charge is 2.21. The monoisotopic (exact) mass is 394 g/mol. The SMILES string of the molecule is Cl.Cl.OC(COC1CCCC1)CN1CCN(c2ccc(F)cc2)CC1. The van der Waals surface area contributed by atoms with Gasteiger partial charge >= 0.3 is 0 Å². The highest BCUT2D eigenvalue weighted by Crippen LogP contribution is 2.21. The van der Waals surface area contributed by atoms with Crippen LogP contribution in [0.4, 0.5) is 10.1 Å². The van der Waals surface area contributed by atoms with Crippen molar-refractivity contribution < 1.29 is 14.2 Å². The minimum Gasteiger partial charge on any atom is -0.389 e. The van der Waals surface area contributed by atoms with E-state index in [1.165, 1.54) is 25.0 Å². The van der Waals surface area contributed by atoms with Gasteiger partial charge < -0.3 is 14.7 Å². The number of nitrogens with zero attached hydrogens (tertiary/aromatic N) is 2. The Morgan fingerprint density at radius 1 is 1.04 bits per heavy atom. The number of halogens is 3. The van der Waals surface area contributed by atoms with Crippen LogP contribution in [0, 0.1) is 5.82 Å². The van der Waals surface area contributed by atoms with Crippen molar-refractivity contribution in [2.75, 3.05) is 44.2 Å². The minimum absolute atomic E-state index is 0. The van der Waals surface area contributed by atoms with Gasteiger partial charge in [-0.15, -0.1) is 24.8 Å². The van der Waals surface area contributed by atoms with E-state index in [0.717, 1.165) is 44.7 Å². The van der Waals surface area contributed by atoms with Crippen LogP contribution in [0.25, 0.3) is 0 Å². The number of aliphatic hydroxyl groups excluding tert-OH is 1. The van der Waals surface area contributed by atoms with Crippen LogP contribution in [0.2, 0.25) is 0 Å². The third-order valence-electron chi connectivity index (χ3n) is 4.86. The standard InChI is InChI=1S/C18H27FN2O2.2ClH/c19-15-5-7-16(8-6-15)21-11-9-20(10-12-21)13-17(22)14-23-18-3-1-2-4-18;;/h5-8,17-18,22H,1-4,9-14H2;2*1H. The zero-order chi connectivity index (χ0) is 16.1. The minimum atomic E-state index is -0.409. The van der Waals surface area contributed by atoms with Crippen molar-refractivity contribution in [3.63, 3.8) is 0 Å². The molecule has 1 unspecified atom stereocenters. The lowest BCUT2D eigenvalue weighted by Gasteiger charge is -2.37. The molecule has 2 aliphatic rings. The molecular formula is C18H29Cl2FN2O2. The number of rotatable bonds is 6. The molecule has 1 aliphatic carbocycles. The van der Waals surface area contributed by atoms with E-state index in [-0.39, 0.29) is 30.6 Å². The lowest BCUT2D eigenvalue weighted by Crippen LogP contribution is -2.49. The Kier molecular flexibility index (Phi) is 10.1. The van der Waals surface area contributed by atoms with E-state index >= 15 is 0 Å². The van der Waals surface area contributed by atoms with Crippen molar-refractivity contribution in [3.05, 3.63) is 30.1 Å². The average Bonchev–Trinajstić information content (AvgIpc) is 3.08. The van der Waals surface area contributed by atoms with Gasteiger partial charge in [0.15, 0.2) is 0 Å². The molecular weight excluding hydrogens is 366 g/mol. The van der Waals surface area contributed by atoms with E-state index in [4.69, 9.17) is 4.74 Å². The predicted octanol–water partition coefficient (Wildman–Crippen LogP) is 3.11. The first kappa shape index (κ1) is 22.5. The van der Waals surface area contributed by atoms with E-state index in [1.807, 2.05) is 12.1 Å². The largest absolute Gasteiger partial charge is 0.389 e. The summed E-state index contributed by atoms with van der Waals surface area (Å²) in [6, 6.07) is 6.67. The Bertz CT molecular complexity index is 478. The lowest BCUT2D eigenvalue weighted by molar-refractivity contribution is -0.0188. The zero-order valence-corrected chi connectivity index (χ0v) is 16.1. The van der Waals surface area contributed by atoms with Crippen LogP contribution in [0.15, 0.2) is 24.3 Å². The quantitative estimate of drug-likeness (QED) is 0.803. The number of anilines is 1. The Morgan fingerprint density at radius 3 is 2.24 bits per heavy atom. The van der Waals surface area contributed by atoms with Crippen molar-refractivity contribution in [2.24, 2.45) is 0 Å². The number of piperazine rings is 1. The molecule has 0 radical (unpaired) electrons. The van der Waals surface area contributed by atoms with E-state index in [2.05, 4.69) is 9.80 Å². The fourth-order valence-electron chi connectivity index (χ4n) is 3.49. The van der Waals surface area contributed by atoms with Crippen molar-refractivity contribution in [1.82, 2.24) is 4.90 Å². The van der Waals surface area contributed by atoms with Gasteiger partial charge in [0.25, 0.3) is 0 Å². The van der Waals surface area contributed by atoms with Gasteiger partial charge in [-0.3, -0.25) is 4.90 Å². The third kappa shape index (κ3) is 6.91. The van der Waals surface area contributed by atoms with Crippen molar-refractivity contribution >= 4 is 30.5 Å². The van der Waals surface area contributed by atoms with E-state index < -0.39 is 6.10 Å². The summed E-state index contributed by atoms with van der Waals surface area (Å²) >= 11 is 0. The maximum Gasteiger partial charge on any atom is 0.123 e. The fourth-order valence-corrected chi connectivity index (χ4v) is 3.49. The van der Waals surface area contributed by atoms with Crippen molar-refractivity contribution in [3.8, 4) is 0 Å². The maximum atomic E-state index is 13.0. The van der Waals surface area contributed by atoms with Crippen LogP contribution in [0.3, 0.4) is 0 Å². The molecule has 0 amide bonds. The second-order valence-corrected chi connectivity index (χ2v) is 6.66. The first-order valence-electron chi connectivity index (χ1n) is 8.73. The van der Waals surface area contributed by atoms with Crippen molar-refractivity contribution in [1.29, 1.82) is 0 Å². The Balaban J connectivity index is 0.00000156. The van der Waals surface area contributed by atoms with E-state index in [1.54, 1.807) is 0 Å². The molecule has 4 nitrogen and oxygen atoms in total. The highest BCUT2D eigenvalue weighted by molar-refractivity contribution is 5.85. The van der Waals surface area contributed by atoms with Crippen LogP contribution >= 0.6 is 24.8 Å². The van der Waals surface area contributed by atoms with Crippen molar-refractivity contribution in [2.45, 2.75) is 37.9 Å². The summed E-state index contributed by atoms with van der Waals surface area (Å²) in [7, 11) is 0. The topological polar surface area (TPSA) is 35.9 Å². The number of β-amino-alcohol motifs (C(OH)–C–C–N with tert-alkyl or cyclic N) is 1. The molecule has 1 N–H and O–H groups in total. The average molecular weight is 395 g/mol. The van der Waals surface area contributed by atoms with E-state index in [0.29, 0.717) is 19.3 Å². The molecule has 3 rings (SSSR count). The molecule has 2 fully saturated rings. The second-order valence-electron chi connectivity index (χ2n) is 6.66. The van der Waals surface area contributed by atoms with Crippen LogP contribution in [0.1, 0.15) is 25.7 Å². The highest BCUT2D eigenvalue weighted by atomic mass is 35.5. The zero-order valence-electron chi connectivity index (χ0n) is 14.5. The van der Waals surface area contributed by atoms with Gasteiger partial charge in [0.05, 0.1) is 18.8 Å². The number of hydrogen-bond acceptors (Lipinski definition) is 4. The Morgan fingerprint density at radius 2 is 1.64 bits per heavy atom. The molecule has 1 aliphatic heterocycles. The molecule has 1 saturated carbocycles. The Labute approximate surface area is 162 Å². The molecule has 7 heteroatoms. The van der Waals surface area contributed by atoms with Crippen LogP contribution in [-0.2, 0) is 4.74 Å². The molecule has 0 bridgehead atoms. The van der Waals surface area contributed by atoms with Gasteiger partial charge in [0.1, 0.15) is 5.82 Å². The van der Waals surface area contributed by atoms with Gasteiger partial charge in [0.2, 0.25) is 0 Å². The molecule has 1 heterocycles. The third-order valence-corrected chi connectivity index (χ3v) is 4.86. The summed E-state index contributed by atoms with van der Waals surface area (Å²) in [5, 5.41) is 10.2. The molecule has 0 aromatic heterocycles. The molecule has 1 aromatic rings. The Hall–Kier alpha value is -0.590. The summed E-state index contributed by atoms with van der Waals surface area (Å²) in [5.41, 5.74) is 1.07. The molecule has 1 saturated heterocycles. The number of benzene rings is 1. The smallest absolute Gasteiger partial charge is 0.123 e. The van der Waals surface area contributed by atoms with Gasteiger partial charge in [0, 0.05) is 38.4 Å². The summed E-state index contributed by atoms with van der Waals surface area (Å²) < 4.78 is 18.8. The first-order valence-corrected chi connectivity index (χ1v) is 8.73. The van der Waals surface area contributed by atoms with Gasteiger partial charge in [-0.2, -0.15) is 0 Å². The molecule has 144 valence electrons. The summed E-state index contributed by atoms with van der Waals surface area (Å²) in [6.07, 6.45) is 4.75. The van der Waals surface area contributed by atoms with Gasteiger partial charge in [-0.1, -0.05) is 12.8 Å². The van der Waals surface area contributed by atoms with Crippen LogP contribution in [0.5, 0.6) is 0 Å². The van der Waals surface area contributed by atoms with Gasteiger partial charge in [-0.05, 0) is 37.1 Å². The van der Waals surface area contributed by atoms with Crippen LogP contribution in [-0.4, -0.2) is 61.5 Å². The second kappa shape index (κ2) is 11.2. The number of aliphatic hydroxyl groups is 1. The fraction of sp³-hybridized carbons (Fsp3) is 0.667. The molecule has 0 spiro atoms. The lowest BCUT2D eigenvalue weighted by atomic mass is 10.2. The maximum absolute atomic E-state index is 13.0. The summed E-state index contributed by atoms with van der Waals surface area (Å²) in [6.45, 7) is 4.76. The predicted molar refractivity (Wildman–Crippen MR) is 104 cm³/mol. The van der Waals surface area contributed by atoms with Crippen LogP contribution < -0.4 is 4.90 Å². The van der Waals surface area contributed by atoms with E-state index in [9.17, 15) is 9.50 Å². The molecule has 1 atom stereocenters. The first-order chi connectivity index (χ1) is 11.2. The number of hydrogen-bond donors (Lipinski definition) is 1. The summed E-state index contributed by atoms with van der Waals surface area (Å²) in [5.74, 6) is -0.197. The normalized spacial score (nSPS) is 20.0.